The molecule has 0 aromatic heterocycles. The minimum atomic E-state index is -0.167. The molecule has 1 heterocycles. The molecule has 1 aromatic carbocycles. The van der Waals surface area contributed by atoms with Gasteiger partial charge >= 0.3 is 6.03 Å². The third-order valence-electron chi connectivity index (χ3n) is 2.92. The van der Waals surface area contributed by atoms with Crippen LogP contribution in [0.3, 0.4) is 0 Å². The first-order chi connectivity index (χ1) is 8.25. The third-order valence-corrected chi connectivity index (χ3v) is 2.92. The standard InChI is InChI=1S/C13H18N2O2/c1-10-5-2-3-6-11(10)9-14-13(16)15-12-7-4-8-17-12/h2-3,5-6,12H,4,7-9H2,1H3,(H2,14,15,16). The maximum Gasteiger partial charge on any atom is 0.317 e. The summed E-state index contributed by atoms with van der Waals surface area (Å²) in [6, 6.07) is 7.85. The van der Waals surface area contributed by atoms with E-state index in [0.29, 0.717) is 6.54 Å². The molecule has 2 rings (SSSR count). The summed E-state index contributed by atoms with van der Waals surface area (Å²) in [5.74, 6) is 0. The van der Waals surface area contributed by atoms with Crippen LogP contribution < -0.4 is 10.6 Å². The van der Waals surface area contributed by atoms with Gasteiger partial charge in [-0.1, -0.05) is 24.3 Å². The van der Waals surface area contributed by atoms with Crippen LogP contribution in [0.25, 0.3) is 0 Å². The summed E-state index contributed by atoms with van der Waals surface area (Å²) >= 11 is 0. The van der Waals surface area contributed by atoms with Crippen LogP contribution >= 0.6 is 0 Å². The van der Waals surface area contributed by atoms with E-state index in [-0.39, 0.29) is 12.3 Å². The van der Waals surface area contributed by atoms with E-state index in [1.807, 2.05) is 31.2 Å². The molecule has 4 heteroatoms. The summed E-state index contributed by atoms with van der Waals surface area (Å²) in [7, 11) is 0. The van der Waals surface area contributed by atoms with Crippen LogP contribution in [0.15, 0.2) is 24.3 Å². The van der Waals surface area contributed by atoms with Crippen molar-refractivity contribution >= 4 is 6.03 Å². The Bertz CT molecular complexity index is 387. The van der Waals surface area contributed by atoms with Gasteiger partial charge in [0.1, 0.15) is 6.23 Å². The fraction of sp³-hybridized carbons (Fsp3) is 0.462. The topological polar surface area (TPSA) is 50.4 Å². The molecule has 0 radical (unpaired) electrons. The molecule has 17 heavy (non-hydrogen) atoms. The Morgan fingerprint density at radius 3 is 3.00 bits per heavy atom. The molecular formula is C13H18N2O2. The van der Waals surface area contributed by atoms with E-state index in [1.165, 1.54) is 5.56 Å². The van der Waals surface area contributed by atoms with Crippen molar-refractivity contribution in [2.24, 2.45) is 0 Å². The van der Waals surface area contributed by atoms with E-state index in [4.69, 9.17) is 4.74 Å². The number of carbonyl (C=O) groups is 1. The predicted octanol–water partition coefficient (Wildman–Crippen LogP) is 1.93. The van der Waals surface area contributed by atoms with E-state index in [1.54, 1.807) is 0 Å². The van der Waals surface area contributed by atoms with Gasteiger partial charge in [0.05, 0.1) is 0 Å². The minimum Gasteiger partial charge on any atom is -0.358 e. The maximum absolute atomic E-state index is 11.6. The Hall–Kier alpha value is -1.55. The fourth-order valence-corrected chi connectivity index (χ4v) is 1.87. The summed E-state index contributed by atoms with van der Waals surface area (Å²) in [4.78, 5) is 11.6. The first kappa shape index (κ1) is 11.9. The number of hydrogen-bond acceptors (Lipinski definition) is 2. The molecule has 0 bridgehead atoms. The van der Waals surface area contributed by atoms with Gasteiger partial charge in [-0.3, -0.25) is 0 Å². The average Bonchev–Trinajstić information content (AvgIpc) is 2.81. The molecule has 0 saturated carbocycles. The predicted molar refractivity (Wildman–Crippen MR) is 65.5 cm³/mol. The summed E-state index contributed by atoms with van der Waals surface area (Å²) < 4.78 is 5.33. The van der Waals surface area contributed by atoms with Crippen LogP contribution in [0.5, 0.6) is 0 Å². The highest BCUT2D eigenvalue weighted by molar-refractivity contribution is 5.74. The van der Waals surface area contributed by atoms with Gasteiger partial charge in [-0.2, -0.15) is 0 Å². The van der Waals surface area contributed by atoms with Gasteiger partial charge in [-0.05, 0) is 30.9 Å². The van der Waals surface area contributed by atoms with Crippen molar-refractivity contribution in [2.75, 3.05) is 6.61 Å². The molecule has 0 aliphatic carbocycles. The lowest BCUT2D eigenvalue weighted by molar-refractivity contribution is 0.0907. The molecule has 0 spiro atoms. The number of ether oxygens (including phenoxy) is 1. The second-order valence-corrected chi connectivity index (χ2v) is 4.26. The van der Waals surface area contributed by atoms with Crippen molar-refractivity contribution < 1.29 is 9.53 Å². The minimum absolute atomic E-state index is 0.119. The molecule has 92 valence electrons. The lowest BCUT2D eigenvalue weighted by Gasteiger charge is -2.13. The first-order valence-electron chi connectivity index (χ1n) is 5.96. The lowest BCUT2D eigenvalue weighted by Crippen LogP contribution is -2.41. The van der Waals surface area contributed by atoms with Gasteiger partial charge in [0, 0.05) is 13.2 Å². The van der Waals surface area contributed by atoms with Gasteiger partial charge in [-0.25, -0.2) is 4.79 Å². The van der Waals surface area contributed by atoms with E-state index in [0.717, 1.165) is 25.0 Å². The largest absolute Gasteiger partial charge is 0.358 e. The Morgan fingerprint density at radius 1 is 1.47 bits per heavy atom. The molecule has 2 amide bonds. The SMILES string of the molecule is Cc1ccccc1CNC(=O)NC1CCCO1. The highest BCUT2D eigenvalue weighted by Gasteiger charge is 2.17. The first-order valence-corrected chi connectivity index (χ1v) is 5.96. The van der Waals surface area contributed by atoms with E-state index in [2.05, 4.69) is 10.6 Å². The molecule has 1 fully saturated rings. The van der Waals surface area contributed by atoms with Crippen molar-refractivity contribution in [3.8, 4) is 0 Å². The molecule has 1 aliphatic rings. The number of aryl methyl sites for hydroxylation is 1. The number of carbonyl (C=O) groups excluding carboxylic acids is 1. The maximum atomic E-state index is 11.6. The highest BCUT2D eigenvalue weighted by Crippen LogP contribution is 2.09. The quantitative estimate of drug-likeness (QED) is 0.839. The molecule has 1 saturated heterocycles. The Balaban J connectivity index is 1.77. The summed E-state index contributed by atoms with van der Waals surface area (Å²) in [5, 5.41) is 5.63. The third kappa shape index (κ3) is 3.46. The van der Waals surface area contributed by atoms with Crippen LogP contribution in [0.4, 0.5) is 4.79 Å². The molecule has 1 atom stereocenters. The van der Waals surface area contributed by atoms with Gasteiger partial charge in [0.2, 0.25) is 0 Å². The van der Waals surface area contributed by atoms with Crippen molar-refractivity contribution in [1.82, 2.24) is 10.6 Å². The van der Waals surface area contributed by atoms with Crippen molar-refractivity contribution in [3.63, 3.8) is 0 Å². The summed E-state index contributed by atoms with van der Waals surface area (Å²) in [6.07, 6.45) is 1.80. The second-order valence-electron chi connectivity index (χ2n) is 4.26. The molecule has 2 N–H and O–H groups in total. The zero-order valence-corrected chi connectivity index (χ0v) is 10.0. The monoisotopic (exact) mass is 234 g/mol. The zero-order valence-electron chi connectivity index (χ0n) is 10.0. The van der Waals surface area contributed by atoms with E-state index < -0.39 is 0 Å². The van der Waals surface area contributed by atoms with Crippen molar-refractivity contribution in [3.05, 3.63) is 35.4 Å². The normalized spacial score (nSPS) is 19.0. The number of rotatable bonds is 3. The number of amides is 2. The molecule has 1 aromatic rings. The lowest BCUT2D eigenvalue weighted by atomic mass is 10.1. The smallest absolute Gasteiger partial charge is 0.317 e. The molecular weight excluding hydrogens is 216 g/mol. The Morgan fingerprint density at radius 2 is 2.29 bits per heavy atom. The van der Waals surface area contributed by atoms with Crippen LogP contribution in [0.2, 0.25) is 0 Å². The number of urea groups is 1. The van der Waals surface area contributed by atoms with Gasteiger partial charge in [0.25, 0.3) is 0 Å². The van der Waals surface area contributed by atoms with Gasteiger partial charge < -0.3 is 15.4 Å². The van der Waals surface area contributed by atoms with Crippen LogP contribution in [-0.2, 0) is 11.3 Å². The van der Waals surface area contributed by atoms with Crippen LogP contribution in [0.1, 0.15) is 24.0 Å². The van der Waals surface area contributed by atoms with Gasteiger partial charge in [0.15, 0.2) is 0 Å². The fourth-order valence-electron chi connectivity index (χ4n) is 1.87. The van der Waals surface area contributed by atoms with Crippen molar-refractivity contribution in [2.45, 2.75) is 32.5 Å². The number of benzene rings is 1. The van der Waals surface area contributed by atoms with E-state index in [9.17, 15) is 4.79 Å². The highest BCUT2D eigenvalue weighted by atomic mass is 16.5. The van der Waals surface area contributed by atoms with Crippen LogP contribution in [-0.4, -0.2) is 18.9 Å². The summed E-state index contributed by atoms with van der Waals surface area (Å²) in [6.45, 7) is 3.32. The average molecular weight is 234 g/mol. The van der Waals surface area contributed by atoms with Crippen LogP contribution in [0, 0.1) is 6.92 Å². The molecule has 1 aliphatic heterocycles. The number of hydrogen-bond donors (Lipinski definition) is 2. The summed E-state index contributed by atoms with van der Waals surface area (Å²) in [5.41, 5.74) is 2.32. The van der Waals surface area contributed by atoms with Gasteiger partial charge in [-0.15, -0.1) is 0 Å². The van der Waals surface area contributed by atoms with E-state index >= 15 is 0 Å². The van der Waals surface area contributed by atoms with Crippen molar-refractivity contribution in [1.29, 1.82) is 0 Å². The zero-order chi connectivity index (χ0) is 12.1. The Kier molecular flexibility index (Phi) is 3.98. The second kappa shape index (κ2) is 5.68. The molecule has 1 unspecified atom stereocenters. The molecule has 4 nitrogen and oxygen atoms in total. The number of nitrogens with one attached hydrogen (secondary N) is 2. The Labute approximate surface area is 101 Å².